The summed E-state index contributed by atoms with van der Waals surface area (Å²) in [7, 11) is 1.61. The number of aliphatic carboxylic acids is 1. The fourth-order valence-electron chi connectivity index (χ4n) is 2.49. The number of ether oxygens (including phenoxy) is 2. The summed E-state index contributed by atoms with van der Waals surface area (Å²) in [6, 6.07) is 5.70. The Hall–Kier alpha value is -1.75. The molecular formula is C15H21NO4. The van der Waals surface area contributed by atoms with Gasteiger partial charge in [-0.2, -0.15) is 0 Å². The minimum absolute atomic E-state index is 0.0139. The molecule has 1 aliphatic rings. The number of carbonyl (C=O) groups is 1. The first kappa shape index (κ1) is 14.7. The van der Waals surface area contributed by atoms with Gasteiger partial charge >= 0.3 is 5.97 Å². The van der Waals surface area contributed by atoms with Gasteiger partial charge in [-0.1, -0.05) is 12.1 Å². The van der Waals surface area contributed by atoms with Crippen molar-refractivity contribution in [3.63, 3.8) is 0 Å². The molecule has 0 spiro atoms. The van der Waals surface area contributed by atoms with E-state index >= 15 is 0 Å². The van der Waals surface area contributed by atoms with Gasteiger partial charge in [0.2, 0.25) is 0 Å². The van der Waals surface area contributed by atoms with Gasteiger partial charge in [0.15, 0.2) is 11.5 Å². The number of benzene rings is 1. The number of carboxylic acids is 1. The van der Waals surface area contributed by atoms with Crippen LogP contribution in [0.5, 0.6) is 11.5 Å². The Balaban J connectivity index is 2.29. The van der Waals surface area contributed by atoms with Crippen LogP contribution in [0.3, 0.4) is 0 Å². The van der Waals surface area contributed by atoms with Crippen LogP contribution in [0, 0.1) is 5.92 Å². The standard InChI is InChI=1S/C15H21NO4/c1-9(2)20-14-11(5-4-6-13(14)19-3)12-7-10(8-16-12)15(17)18/h4-6,9-10,12,16H,7-8H2,1-3H3,(H,17,18). The molecule has 1 aliphatic heterocycles. The molecule has 5 heteroatoms. The zero-order valence-electron chi connectivity index (χ0n) is 12.1. The number of para-hydroxylation sites is 1. The molecule has 1 aromatic rings. The van der Waals surface area contributed by atoms with Crippen LogP contribution >= 0.6 is 0 Å². The van der Waals surface area contributed by atoms with Gasteiger partial charge in [0, 0.05) is 18.2 Å². The summed E-state index contributed by atoms with van der Waals surface area (Å²) in [5.74, 6) is 0.276. The minimum Gasteiger partial charge on any atom is -0.493 e. The van der Waals surface area contributed by atoms with Gasteiger partial charge in [-0.3, -0.25) is 4.79 Å². The van der Waals surface area contributed by atoms with Crippen molar-refractivity contribution in [3.8, 4) is 11.5 Å². The Morgan fingerprint density at radius 1 is 1.45 bits per heavy atom. The molecule has 1 aromatic carbocycles. The number of rotatable bonds is 5. The van der Waals surface area contributed by atoms with E-state index in [1.54, 1.807) is 7.11 Å². The van der Waals surface area contributed by atoms with Crippen molar-refractivity contribution < 1.29 is 19.4 Å². The average Bonchev–Trinajstić information content (AvgIpc) is 2.88. The van der Waals surface area contributed by atoms with Crippen LogP contribution in [-0.4, -0.2) is 30.8 Å². The molecule has 1 saturated heterocycles. The van der Waals surface area contributed by atoms with E-state index in [0.717, 1.165) is 5.56 Å². The molecule has 2 rings (SSSR count). The lowest BCUT2D eigenvalue weighted by Crippen LogP contribution is -2.18. The van der Waals surface area contributed by atoms with Crippen molar-refractivity contribution in [1.82, 2.24) is 5.32 Å². The maximum absolute atomic E-state index is 11.1. The number of nitrogens with one attached hydrogen (secondary N) is 1. The molecule has 2 unspecified atom stereocenters. The molecule has 2 N–H and O–H groups in total. The molecule has 5 nitrogen and oxygen atoms in total. The lowest BCUT2D eigenvalue weighted by Gasteiger charge is -2.20. The predicted octanol–water partition coefficient (Wildman–Crippen LogP) is 2.22. The Morgan fingerprint density at radius 3 is 2.75 bits per heavy atom. The van der Waals surface area contributed by atoms with E-state index < -0.39 is 5.97 Å². The van der Waals surface area contributed by atoms with Gasteiger partial charge in [0.1, 0.15) is 0 Å². The van der Waals surface area contributed by atoms with Crippen molar-refractivity contribution in [2.24, 2.45) is 5.92 Å². The molecule has 0 aromatic heterocycles. The molecule has 20 heavy (non-hydrogen) atoms. The first-order valence-electron chi connectivity index (χ1n) is 6.82. The van der Waals surface area contributed by atoms with Crippen LogP contribution in [0.1, 0.15) is 31.9 Å². The highest BCUT2D eigenvalue weighted by Crippen LogP contribution is 2.39. The van der Waals surface area contributed by atoms with E-state index in [1.807, 2.05) is 32.0 Å². The van der Waals surface area contributed by atoms with Crippen LogP contribution in [-0.2, 0) is 4.79 Å². The van der Waals surface area contributed by atoms with Gasteiger partial charge in [0.25, 0.3) is 0 Å². The summed E-state index contributed by atoms with van der Waals surface area (Å²) < 4.78 is 11.2. The van der Waals surface area contributed by atoms with Crippen LogP contribution in [0.25, 0.3) is 0 Å². The van der Waals surface area contributed by atoms with Gasteiger partial charge in [-0.05, 0) is 26.3 Å². The Bertz CT molecular complexity index is 487. The molecule has 0 aliphatic carbocycles. The van der Waals surface area contributed by atoms with Gasteiger partial charge in [-0.15, -0.1) is 0 Å². The van der Waals surface area contributed by atoms with Crippen LogP contribution in [0.2, 0.25) is 0 Å². The number of methoxy groups -OCH3 is 1. The normalized spacial score (nSPS) is 22.0. The average molecular weight is 279 g/mol. The molecule has 0 bridgehead atoms. The Morgan fingerprint density at radius 2 is 2.20 bits per heavy atom. The van der Waals surface area contributed by atoms with Crippen molar-refractivity contribution in [2.45, 2.75) is 32.4 Å². The third-order valence-corrected chi connectivity index (χ3v) is 3.44. The molecule has 110 valence electrons. The SMILES string of the molecule is COc1cccc(C2CC(C(=O)O)CN2)c1OC(C)C. The number of carboxylic acid groups (broad SMARTS) is 1. The van der Waals surface area contributed by atoms with Crippen molar-refractivity contribution >= 4 is 5.97 Å². The highest BCUT2D eigenvalue weighted by atomic mass is 16.5. The molecular weight excluding hydrogens is 258 g/mol. The third kappa shape index (κ3) is 3.04. The van der Waals surface area contributed by atoms with Crippen LogP contribution in [0.4, 0.5) is 0 Å². The number of hydrogen-bond acceptors (Lipinski definition) is 4. The Labute approximate surface area is 118 Å². The van der Waals surface area contributed by atoms with Crippen LogP contribution in [0.15, 0.2) is 18.2 Å². The molecule has 0 radical (unpaired) electrons. The quantitative estimate of drug-likeness (QED) is 0.865. The summed E-state index contributed by atoms with van der Waals surface area (Å²) in [4.78, 5) is 11.1. The molecule has 2 atom stereocenters. The summed E-state index contributed by atoms with van der Waals surface area (Å²) in [5.41, 5.74) is 0.960. The van der Waals surface area contributed by atoms with Crippen molar-refractivity contribution in [1.29, 1.82) is 0 Å². The molecule has 1 heterocycles. The highest BCUT2D eigenvalue weighted by Gasteiger charge is 2.32. The lowest BCUT2D eigenvalue weighted by atomic mass is 9.99. The largest absolute Gasteiger partial charge is 0.493 e. The highest BCUT2D eigenvalue weighted by molar-refractivity contribution is 5.71. The van der Waals surface area contributed by atoms with Gasteiger partial charge in [0.05, 0.1) is 19.1 Å². The lowest BCUT2D eigenvalue weighted by molar-refractivity contribution is -0.141. The smallest absolute Gasteiger partial charge is 0.307 e. The van der Waals surface area contributed by atoms with Crippen molar-refractivity contribution in [2.75, 3.05) is 13.7 Å². The first-order valence-corrected chi connectivity index (χ1v) is 6.82. The second kappa shape index (κ2) is 6.13. The van der Waals surface area contributed by atoms with E-state index in [-0.39, 0.29) is 18.1 Å². The second-order valence-electron chi connectivity index (χ2n) is 5.28. The minimum atomic E-state index is -0.755. The van der Waals surface area contributed by atoms with E-state index in [0.29, 0.717) is 24.5 Å². The van der Waals surface area contributed by atoms with E-state index in [9.17, 15) is 4.79 Å². The van der Waals surface area contributed by atoms with Crippen molar-refractivity contribution in [3.05, 3.63) is 23.8 Å². The summed E-state index contributed by atoms with van der Waals surface area (Å²) in [5, 5.41) is 12.4. The van der Waals surface area contributed by atoms with Crippen LogP contribution < -0.4 is 14.8 Å². The first-order chi connectivity index (χ1) is 9.52. The summed E-state index contributed by atoms with van der Waals surface area (Å²) in [6.07, 6.45) is 0.596. The molecule has 1 fully saturated rings. The fourth-order valence-corrected chi connectivity index (χ4v) is 2.49. The zero-order chi connectivity index (χ0) is 14.7. The maximum Gasteiger partial charge on any atom is 0.307 e. The predicted molar refractivity (Wildman–Crippen MR) is 75.2 cm³/mol. The summed E-state index contributed by atoms with van der Waals surface area (Å²) in [6.45, 7) is 4.40. The zero-order valence-corrected chi connectivity index (χ0v) is 12.1. The van der Waals surface area contributed by atoms with E-state index in [2.05, 4.69) is 5.32 Å². The summed E-state index contributed by atoms with van der Waals surface area (Å²) >= 11 is 0. The molecule has 0 amide bonds. The Kier molecular flexibility index (Phi) is 4.49. The topological polar surface area (TPSA) is 67.8 Å². The second-order valence-corrected chi connectivity index (χ2v) is 5.28. The van der Waals surface area contributed by atoms with E-state index in [1.165, 1.54) is 0 Å². The number of hydrogen-bond donors (Lipinski definition) is 2. The van der Waals surface area contributed by atoms with E-state index in [4.69, 9.17) is 14.6 Å². The van der Waals surface area contributed by atoms with Gasteiger partial charge in [-0.25, -0.2) is 0 Å². The maximum atomic E-state index is 11.1. The third-order valence-electron chi connectivity index (χ3n) is 3.44. The monoisotopic (exact) mass is 279 g/mol. The fraction of sp³-hybridized carbons (Fsp3) is 0.533. The molecule has 0 saturated carbocycles. The van der Waals surface area contributed by atoms with Gasteiger partial charge < -0.3 is 19.9 Å².